The summed E-state index contributed by atoms with van der Waals surface area (Å²) in [5.74, 6) is 1.23. The molecule has 0 aliphatic rings. The minimum absolute atomic E-state index is 0.202. The maximum atomic E-state index is 11.7. The molecule has 2 rings (SSSR count). The monoisotopic (exact) mass is 274 g/mol. The number of nitrogens with zero attached hydrogens (tertiary/aromatic N) is 1. The normalized spacial score (nSPS) is 10.5. The summed E-state index contributed by atoms with van der Waals surface area (Å²) in [6.07, 6.45) is 0.923. The van der Waals surface area contributed by atoms with E-state index >= 15 is 0 Å². The molecule has 1 heterocycles. The van der Waals surface area contributed by atoms with Crippen LogP contribution in [0.2, 0.25) is 0 Å². The van der Waals surface area contributed by atoms with Gasteiger partial charge in [-0.25, -0.2) is 4.98 Å². The van der Waals surface area contributed by atoms with Gasteiger partial charge in [0.2, 0.25) is 0 Å². The molecule has 0 radical (unpaired) electrons. The van der Waals surface area contributed by atoms with Gasteiger partial charge < -0.3 is 14.5 Å². The summed E-state index contributed by atoms with van der Waals surface area (Å²) in [6, 6.07) is 9.03. The number of rotatable bonds is 6. The Bertz CT molecular complexity index is 623. The highest BCUT2D eigenvalue weighted by Crippen LogP contribution is 2.27. The molecule has 5 heteroatoms. The highest BCUT2D eigenvalue weighted by molar-refractivity contribution is 5.66. The Kier molecular flexibility index (Phi) is 4.90. The van der Waals surface area contributed by atoms with Gasteiger partial charge in [0.15, 0.2) is 0 Å². The van der Waals surface area contributed by atoms with Gasteiger partial charge in [0.1, 0.15) is 18.2 Å². The van der Waals surface area contributed by atoms with Gasteiger partial charge in [-0.05, 0) is 18.6 Å². The maximum absolute atomic E-state index is 11.7. The first-order valence-corrected chi connectivity index (χ1v) is 6.56. The van der Waals surface area contributed by atoms with Crippen LogP contribution in [0.25, 0.3) is 11.3 Å². The third-order valence-electron chi connectivity index (χ3n) is 2.70. The van der Waals surface area contributed by atoms with Crippen LogP contribution in [0.3, 0.4) is 0 Å². The average molecular weight is 274 g/mol. The van der Waals surface area contributed by atoms with Crippen molar-refractivity contribution in [2.75, 3.05) is 13.7 Å². The van der Waals surface area contributed by atoms with Crippen molar-refractivity contribution in [2.24, 2.45) is 0 Å². The zero-order valence-corrected chi connectivity index (χ0v) is 11.7. The highest BCUT2D eigenvalue weighted by atomic mass is 16.5. The lowest BCUT2D eigenvalue weighted by Gasteiger charge is -2.10. The average Bonchev–Trinajstić information content (AvgIpc) is 2.45. The third kappa shape index (κ3) is 3.45. The molecule has 5 nitrogen and oxygen atoms in total. The molecule has 0 aliphatic carbocycles. The van der Waals surface area contributed by atoms with E-state index in [-0.39, 0.29) is 12.2 Å². The number of para-hydroxylation sites is 1. The number of methoxy groups -OCH3 is 1. The second-order valence-corrected chi connectivity index (χ2v) is 4.35. The first kappa shape index (κ1) is 14.3. The molecule has 0 aliphatic heterocycles. The van der Waals surface area contributed by atoms with Gasteiger partial charge in [-0.1, -0.05) is 19.1 Å². The fourth-order valence-electron chi connectivity index (χ4n) is 1.87. The van der Waals surface area contributed by atoms with Crippen LogP contribution in [0, 0.1) is 0 Å². The largest absolute Gasteiger partial charge is 0.493 e. The second-order valence-electron chi connectivity index (χ2n) is 4.35. The first-order valence-electron chi connectivity index (χ1n) is 6.56. The Morgan fingerprint density at radius 1 is 1.30 bits per heavy atom. The van der Waals surface area contributed by atoms with Crippen molar-refractivity contribution in [1.29, 1.82) is 0 Å². The first-order chi connectivity index (χ1) is 9.74. The Morgan fingerprint density at radius 3 is 2.85 bits per heavy atom. The molecule has 0 spiro atoms. The van der Waals surface area contributed by atoms with Crippen LogP contribution in [0.1, 0.15) is 19.2 Å². The van der Waals surface area contributed by atoms with Crippen molar-refractivity contribution in [3.63, 3.8) is 0 Å². The fraction of sp³-hybridized carbons (Fsp3) is 0.333. The molecule has 106 valence electrons. The number of nitrogens with one attached hydrogen (secondary N) is 1. The predicted octanol–water partition coefficient (Wildman–Crippen LogP) is 2.37. The lowest BCUT2D eigenvalue weighted by molar-refractivity contribution is 0.177. The number of aromatic nitrogens is 2. The van der Waals surface area contributed by atoms with Gasteiger partial charge in [0, 0.05) is 18.7 Å². The van der Waals surface area contributed by atoms with Crippen molar-refractivity contribution >= 4 is 0 Å². The Hall–Kier alpha value is -2.14. The number of ether oxygens (including phenoxy) is 2. The Morgan fingerprint density at radius 2 is 2.10 bits per heavy atom. The van der Waals surface area contributed by atoms with Gasteiger partial charge in [0.05, 0.1) is 12.3 Å². The van der Waals surface area contributed by atoms with E-state index < -0.39 is 0 Å². The van der Waals surface area contributed by atoms with Crippen LogP contribution in [0.15, 0.2) is 35.1 Å². The molecule has 20 heavy (non-hydrogen) atoms. The summed E-state index contributed by atoms with van der Waals surface area (Å²) >= 11 is 0. The molecular weight excluding hydrogens is 256 g/mol. The molecule has 0 amide bonds. The summed E-state index contributed by atoms with van der Waals surface area (Å²) in [7, 11) is 1.56. The zero-order chi connectivity index (χ0) is 14.4. The number of benzene rings is 1. The fourth-order valence-corrected chi connectivity index (χ4v) is 1.87. The van der Waals surface area contributed by atoms with E-state index in [0.717, 1.165) is 17.7 Å². The molecule has 1 aromatic heterocycles. The van der Waals surface area contributed by atoms with Crippen LogP contribution in [-0.4, -0.2) is 23.7 Å². The van der Waals surface area contributed by atoms with E-state index in [1.807, 2.05) is 31.2 Å². The summed E-state index contributed by atoms with van der Waals surface area (Å²) in [5.41, 5.74) is 1.20. The minimum Gasteiger partial charge on any atom is -0.493 e. The van der Waals surface area contributed by atoms with Gasteiger partial charge in [-0.2, -0.15) is 0 Å². The van der Waals surface area contributed by atoms with Crippen LogP contribution in [0.4, 0.5) is 0 Å². The molecule has 1 N–H and O–H groups in total. The molecule has 0 saturated heterocycles. The molecule has 0 unspecified atom stereocenters. The van der Waals surface area contributed by atoms with Crippen LogP contribution in [0.5, 0.6) is 5.75 Å². The zero-order valence-electron chi connectivity index (χ0n) is 11.7. The van der Waals surface area contributed by atoms with Gasteiger partial charge in [-0.15, -0.1) is 0 Å². The summed E-state index contributed by atoms with van der Waals surface area (Å²) in [6.45, 7) is 2.94. The smallest absolute Gasteiger partial charge is 0.251 e. The van der Waals surface area contributed by atoms with E-state index in [1.54, 1.807) is 7.11 Å². The molecule has 0 saturated carbocycles. The number of hydrogen-bond donors (Lipinski definition) is 1. The maximum Gasteiger partial charge on any atom is 0.251 e. The van der Waals surface area contributed by atoms with Crippen molar-refractivity contribution < 1.29 is 9.47 Å². The van der Waals surface area contributed by atoms with Crippen molar-refractivity contribution in [3.8, 4) is 17.0 Å². The minimum atomic E-state index is -0.202. The van der Waals surface area contributed by atoms with Crippen LogP contribution in [-0.2, 0) is 11.3 Å². The van der Waals surface area contributed by atoms with E-state index in [2.05, 4.69) is 9.97 Å². The molecular formula is C15H18N2O3. The van der Waals surface area contributed by atoms with E-state index in [1.165, 1.54) is 6.07 Å². The highest BCUT2D eigenvalue weighted by Gasteiger charge is 2.09. The lowest BCUT2D eigenvalue weighted by Crippen LogP contribution is -2.12. The number of H-pyrrole nitrogens is 1. The van der Waals surface area contributed by atoms with Crippen LogP contribution >= 0.6 is 0 Å². The predicted molar refractivity (Wildman–Crippen MR) is 76.8 cm³/mol. The van der Waals surface area contributed by atoms with Gasteiger partial charge in [-0.3, -0.25) is 4.79 Å². The van der Waals surface area contributed by atoms with E-state index in [9.17, 15) is 4.79 Å². The molecule has 2 aromatic rings. The summed E-state index contributed by atoms with van der Waals surface area (Å²) < 4.78 is 10.7. The molecule has 0 bridgehead atoms. The van der Waals surface area contributed by atoms with E-state index in [0.29, 0.717) is 18.1 Å². The molecule has 0 fully saturated rings. The van der Waals surface area contributed by atoms with E-state index in [4.69, 9.17) is 9.47 Å². The summed E-state index contributed by atoms with van der Waals surface area (Å²) in [4.78, 5) is 18.7. The molecule has 1 aromatic carbocycles. The Balaban J connectivity index is 2.42. The van der Waals surface area contributed by atoms with Crippen LogP contribution < -0.4 is 10.3 Å². The van der Waals surface area contributed by atoms with Gasteiger partial charge >= 0.3 is 0 Å². The van der Waals surface area contributed by atoms with Crippen molar-refractivity contribution in [2.45, 2.75) is 20.0 Å². The molecule has 0 atom stereocenters. The van der Waals surface area contributed by atoms with Gasteiger partial charge in [0.25, 0.3) is 5.56 Å². The number of hydrogen-bond acceptors (Lipinski definition) is 4. The standard InChI is InChI=1S/C15H18N2O3/c1-3-8-20-13-7-5-4-6-11(13)12-9-15(18)17-14(16-12)10-19-2/h4-7,9H,3,8,10H2,1-2H3,(H,16,17,18). The quantitative estimate of drug-likeness (QED) is 0.878. The SMILES string of the molecule is CCCOc1ccccc1-c1cc(=O)[nH]c(COC)n1. The Labute approximate surface area is 117 Å². The second kappa shape index (κ2) is 6.86. The summed E-state index contributed by atoms with van der Waals surface area (Å²) in [5, 5.41) is 0. The lowest BCUT2D eigenvalue weighted by atomic mass is 10.1. The van der Waals surface area contributed by atoms with Crippen molar-refractivity contribution in [3.05, 3.63) is 46.5 Å². The van der Waals surface area contributed by atoms with Crippen molar-refractivity contribution in [1.82, 2.24) is 9.97 Å². The third-order valence-corrected chi connectivity index (χ3v) is 2.70. The number of aromatic amines is 1. The topological polar surface area (TPSA) is 64.2 Å².